The van der Waals surface area contributed by atoms with Gasteiger partial charge in [0.2, 0.25) is 11.9 Å². The number of piperidine rings is 1. The zero-order chi connectivity index (χ0) is 22.2. The van der Waals surface area contributed by atoms with Gasteiger partial charge in [0.1, 0.15) is 11.5 Å². The Morgan fingerprint density at radius 3 is 2.41 bits per heavy atom. The molecule has 0 bridgehead atoms. The van der Waals surface area contributed by atoms with Crippen molar-refractivity contribution in [3.63, 3.8) is 0 Å². The van der Waals surface area contributed by atoms with E-state index in [1.165, 1.54) is 6.42 Å². The smallest absolute Gasteiger partial charge is 0.287 e. The molecule has 0 saturated carbocycles. The van der Waals surface area contributed by atoms with Crippen LogP contribution >= 0.6 is 0 Å². The zero-order valence-corrected chi connectivity index (χ0v) is 18.1. The maximum atomic E-state index is 5.89. The highest BCUT2D eigenvalue weighted by Crippen LogP contribution is 2.23. The minimum atomic E-state index is 0.123. The van der Waals surface area contributed by atoms with E-state index in [1.54, 1.807) is 7.05 Å². The quantitative estimate of drug-likeness (QED) is 0.444. The zero-order valence-electron chi connectivity index (χ0n) is 18.1. The van der Waals surface area contributed by atoms with Gasteiger partial charge in [0.25, 0.3) is 6.02 Å². The number of hydrogen-bond donors (Lipinski definition) is 2. The van der Waals surface area contributed by atoms with E-state index in [9.17, 15) is 0 Å². The standard InChI is InChI=1S/C23H27N7O2/c1-25-23(30-14-6-3-7-15-30)31-16-20-27-21(24)29-22(28-20)26-17-10-12-19(13-11-17)32-18-8-4-2-5-9-18/h2,4-5,8-13H,3,6-7,14-16H2,1H3,(H3,24,26,27,28,29). The van der Waals surface area contributed by atoms with Crippen molar-refractivity contribution in [3.8, 4) is 11.5 Å². The third-order valence-electron chi connectivity index (χ3n) is 4.94. The largest absolute Gasteiger partial charge is 0.457 e. The molecule has 0 spiro atoms. The first-order valence-corrected chi connectivity index (χ1v) is 10.6. The number of nitrogens with two attached hydrogens (primary N) is 1. The molecule has 9 heteroatoms. The van der Waals surface area contributed by atoms with Crippen molar-refractivity contribution in [2.45, 2.75) is 25.9 Å². The molecule has 0 unspecified atom stereocenters. The predicted octanol–water partition coefficient (Wildman–Crippen LogP) is 3.98. The normalized spacial score (nSPS) is 14.2. The van der Waals surface area contributed by atoms with Gasteiger partial charge in [-0.3, -0.25) is 0 Å². The van der Waals surface area contributed by atoms with Gasteiger partial charge in [0, 0.05) is 25.8 Å². The number of benzene rings is 2. The van der Waals surface area contributed by atoms with Gasteiger partial charge < -0.3 is 25.4 Å². The fourth-order valence-electron chi connectivity index (χ4n) is 3.43. The molecule has 1 aliphatic rings. The van der Waals surface area contributed by atoms with E-state index >= 15 is 0 Å². The van der Waals surface area contributed by atoms with Crippen LogP contribution in [-0.4, -0.2) is 46.0 Å². The number of hydrogen-bond acceptors (Lipinski definition) is 8. The number of ether oxygens (including phenoxy) is 2. The van der Waals surface area contributed by atoms with Crippen LogP contribution < -0.4 is 15.8 Å². The number of likely N-dealkylation sites (tertiary alicyclic amines) is 1. The first-order valence-electron chi connectivity index (χ1n) is 10.6. The average Bonchev–Trinajstić information content (AvgIpc) is 2.82. The molecule has 3 N–H and O–H groups in total. The lowest BCUT2D eigenvalue weighted by Crippen LogP contribution is -2.37. The van der Waals surface area contributed by atoms with E-state index in [0.717, 1.165) is 43.1 Å². The third-order valence-corrected chi connectivity index (χ3v) is 4.94. The Hall–Kier alpha value is -3.88. The van der Waals surface area contributed by atoms with Gasteiger partial charge in [0.05, 0.1) is 0 Å². The second-order valence-electron chi connectivity index (χ2n) is 7.34. The SMILES string of the molecule is CN=C(OCc1nc(N)nc(Nc2ccc(Oc3ccccc3)cc2)n1)N1CCCCC1. The van der Waals surface area contributed by atoms with Crippen LogP contribution in [0.3, 0.4) is 0 Å². The van der Waals surface area contributed by atoms with Gasteiger partial charge in [-0.05, 0) is 55.7 Å². The number of aromatic nitrogens is 3. The van der Waals surface area contributed by atoms with Crippen LogP contribution in [0.5, 0.6) is 11.5 Å². The molecule has 9 nitrogen and oxygen atoms in total. The summed E-state index contributed by atoms with van der Waals surface area (Å²) in [4.78, 5) is 19.2. The van der Waals surface area contributed by atoms with Crippen LogP contribution in [-0.2, 0) is 11.3 Å². The van der Waals surface area contributed by atoms with Crippen molar-refractivity contribution in [2.24, 2.45) is 4.99 Å². The first kappa shape index (κ1) is 21.4. The fraction of sp³-hybridized carbons (Fsp3) is 0.304. The molecule has 0 atom stereocenters. The summed E-state index contributed by atoms with van der Waals surface area (Å²) in [5.74, 6) is 2.42. The molecule has 166 valence electrons. The van der Waals surface area contributed by atoms with E-state index in [2.05, 4.69) is 30.2 Å². The summed E-state index contributed by atoms with van der Waals surface area (Å²) in [6.07, 6.45) is 3.53. The highest BCUT2D eigenvalue weighted by atomic mass is 16.5. The lowest BCUT2D eigenvalue weighted by molar-refractivity contribution is 0.198. The topological polar surface area (TPSA) is 111 Å². The summed E-state index contributed by atoms with van der Waals surface area (Å²) in [7, 11) is 1.73. The van der Waals surface area contributed by atoms with Gasteiger partial charge >= 0.3 is 0 Å². The summed E-state index contributed by atoms with van der Waals surface area (Å²) in [6, 6.07) is 17.7. The Kier molecular flexibility index (Phi) is 6.96. The molecule has 0 aliphatic carbocycles. The molecule has 3 aromatic rings. The molecule has 0 radical (unpaired) electrons. The number of anilines is 3. The van der Waals surface area contributed by atoms with Crippen molar-refractivity contribution in [2.75, 3.05) is 31.2 Å². The molecule has 4 rings (SSSR count). The van der Waals surface area contributed by atoms with Crippen LogP contribution in [0, 0.1) is 0 Å². The predicted molar refractivity (Wildman–Crippen MR) is 124 cm³/mol. The molecular weight excluding hydrogens is 406 g/mol. The number of rotatable bonds is 6. The maximum Gasteiger partial charge on any atom is 0.287 e. The number of nitrogens with zero attached hydrogens (tertiary/aromatic N) is 5. The second kappa shape index (κ2) is 10.4. The third kappa shape index (κ3) is 5.84. The molecular formula is C23H27N7O2. The van der Waals surface area contributed by atoms with E-state index in [4.69, 9.17) is 15.2 Å². The lowest BCUT2D eigenvalue weighted by Gasteiger charge is -2.28. The van der Waals surface area contributed by atoms with Gasteiger partial charge in [-0.1, -0.05) is 18.2 Å². The van der Waals surface area contributed by atoms with Crippen molar-refractivity contribution >= 4 is 23.6 Å². The molecule has 2 aromatic carbocycles. The van der Waals surface area contributed by atoms with Gasteiger partial charge in [-0.25, -0.2) is 4.99 Å². The molecule has 2 heterocycles. The lowest BCUT2D eigenvalue weighted by atomic mass is 10.1. The first-order chi connectivity index (χ1) is 15.7. The van der Waals surface area contributed by atoms with Crippen molar-refractivity contribution in [1.29, 1.82) is 0 Å². The number of para-hydroxylation sites is 1. The summed E-state index contributed by atoms with van der Waals surface area (Å²) >= 11 is 0. The molecule has 1 saturated heterocycles. The molecule has 1 aromatic heterocycles. The van der Waals surface area contributed by atoms with E-state index in [-0.39, 0.29) is 12.6 Å². The van der Waals surface area contributed by atoms with Crippen LogP contribution in [0.15, 0.2) is 59.6 Å². The van der Waals surface area contributed by atoms with Crippen molar-refractivity contribution < 1.29 is 9.47 Å². The Morgan fingerprint density at radius 1 is 0.969 bits per heavy atom. The minimum Gasteiger partial charge on any atom is -0.457 e. The maximum absolute atomic E-state index is 5.89. The van der Waals surface area contributed by atoms with Gasteiger partial charge in [-0.2, -0.15) is 15.0 Å². The van der Waals surface area contributed by atoms with E-state index < -0.39 is 0 Å². The summed E-state index contributed by atoms with van der Waals surface area (Å²) in [6.45, 7) is 2.06. The molecule has 1 aliphatic heterocycles. The van der Waals surface area contributed by atoms with Crippen LogP contribution in [0.2, 0.25) is 0 Å². The number of nitrogens with one attached hydrogen (secondary N) is 1. The number of nitrogen functional groups attached to an aromatic ring is 1. The highest BCUT2D eigenvalue weighted by molar-refractivity contribution is 5.73. The van der Waals surface area contributed by atoms with Crippen LogP contribution in [0.1, 0.15) is 25.1 Å². The number of aliphatic imine (C=N–C) groups is 1. The van der Waals surface area contributed by atoms with E-state index in [1.807, 2.05) is 54.6 Å². The molecule has 1 fully saturated rings. The Morgan fingerprint density at radius 2 is 1.69 bits per heavy atom. The monoisotopic (exact) mass is 433 g/mol. The Bertz CT molecular complexity index is 1040. The van der Waals surface area contributed by atoms with Crippen molar-refractivity contribution in [3.05, 3.63) is 60.4 Å². The van der Waals surface area contributed by atoms with Crippen molar-refractivity contribution in [1.82, 2.24) is 19.9 Å². The molecule has 32 heavy (non-hydrogen) atoms. The van der Waals surface area contributed by atoms with Gasteiger partial charge in [0.15, 0.2) is 12.4 Å². The summed E-state index contributed by atoms with van der Waals surface area (Å²) in [5, 5.41) is 3.15. The van der Waals surface area contributed by atoms with E-state index in [0.29, 0.717) is 17.8 Å². The highest BCUT2D eigenvalue weighted by Gasteiger charge is 2.16. The Labute approximate surface area is 187 Å². The second-order valence-corrected chi connectivity index (χ2v) is 7.34. The minimum absolute atomic E-state index is 0.123. The van der Waals surface area contributed by atoms with Gasteiger partial charge in [-0.15, -0.1) is 0 Å². The Balaban J connectivity index is 1.38. The van der Waals surface area contributed by atoms with Crippen LogP contribution in [0.4, 0.5) is 17.6 Å². The number of amidine groups is 1. The summed E-state index contributed by atoms with van der Waals surface area (Å²) in [5.41, 5.74) is 6.68. The molecule has 0 amide bonds. The summed E-state index contributed by atoms with van der Waals surface area (Å²) < 4.78 is 11.7. The van der Waals surface area contributed by atoms with Crippen LogP contribution in [0.25, 0.3) is 0 Å². The average molecular weight is 434 g/mol. The fourth-order valence-corrected chi connectivity index (χ4v) is 3.43.